The molecule has 0 bridgehead atoms. The van der Waals surface area contributed by atoms with E-state index in [2.05, 4.69) is 19.8 Å². The molecule has 3 rings (SSSR count). The zero-order valence-electron chi connectivity index (χ0n) is 12.6. The third-order valence-corrected chi connectivity index (χ3v) is 4.22. The number of carbonyl (C=O) groups is 1. The minimum Gasteiger partial charge on any atom is -0.368 e. The van der Waals surface area contributed by atoms with E-state index in [-0.39, 0.29) is 5.91 Å². The lowest BCUT2D eigenvalue weighted by atomic mass is 10.0. The van der Waals surface area contributed by atoms with E-state index in [1.165, 1.54) is 0 Å². The number of anilines is 1. The summed E-state index contributed by atoms with van der Waals surface area (Å²) in [7, 11) is 0. The molecule has 1 fully saturated rings. The number of carbonyl (C=O) groups excluding carboxylic acids is 1. The molecule has 1 aliphatic heterocycles. The van der Waals surface area contributed by atoms with Gasteiger partial charge in [0.2, 0.25) is 11.9 Å². The molecule has 2 aromatic rings. The number of primary amides is 1. The van der Waals surface area contributed by atoms with Gasteiger partial charge in [0.15, 0.2) is 0 Å². The number of hydrogen-bond acceptors (Lipinski definition) is 5. The van der Waals surface area contributed by atoms with E-state index < -0.39 is 6.04 Å². The third-order valence-electron chi connectivity index (χ3n) is 3.97. The highest BCUT2D eigenvalue weighted by atomic mass is 35.5. The number of halogens is 1. The SMILES string of the molecule is NC(=O)[C@H](c1ccc(Cl)cc1)N1CCN(c2ncccn2)CC1. The van der Waals surface area contributed by atoms with Gasteiger partial charge in [-0.05, 0) is 23.8 Å². The van der Waals surface area contributed by atoms with Crippen LogP contribution in [0, 0.1) is 0 Å². The molecule has 7 heteroatoms. The summed E-state index contributed by atoms with van der Waals surface area (Å²) in [6.07, 6.45) is 3.46. The van der Waals surface area contributed by atoms with E-state index in [0.29, 0.717) is 24.1 Å². The Hall–Kier alpha value is -2.18. The average molecular weight is 332 g/mol. The minimum atomic E-state index is -0.439. The Labute approximate surface area is 139 Å². The zero-order chi connectivity index (χ0) is 16.2. The number of piperazine rings is 1. The van der Waals surface area contributed by atoms with Gasteiger partial charge in [0.1, 0.15) is 6.04 Å². The van der Waals surface area contributed by atoms with E-state index in [1.54, 1.807) is 30.6 Å². The highest BCUT2D eigenvalue weighted by Gasteiger charge is 2.29. The molecule has 0 saturated carbocycles. The fraction of sp³-hybridized carbons (Fsp3) is 0.312. The lowest BCUT2D eigenvalue weighted by Gasteiger charge is -2.38. The summed E-state index contributed by atoms with van der Waals surface area (Å²) in [6.45, 7) is 2.94. The summed E-state index contributed by atoms with van der Waals surface area (Å²) in [5, 5.41) is 0.642. The monoisotopic (exact) mass is 331 g/mol. The maximum absolute atomic E-state index is 11.9. The minimum absolute atomic E-state index is 0.350. The summed E-state index contributed by atoms with van der Waals surface area (Å²) in [5.74, 6) is 0.367. The molecule has 2 N–H and O–H groups in total. The largest absolute Gasteiger partial charge is 0.368 e. The van der Waals surface area contributed by atoms with Gasteiger partial charge in [-0.2, -0.15) is 0 Å². The van der Waals surface area contributed by atoms with Crippen molar-refractivity contribution in [3.63, 3.8) is 0 Å². The molecular weight excluding hydrogens is 314 g/mol. The Kier molecular flexibility index (Phi) is 4.73. The molecule has 0 aliphatic carbocycles. The van der Waals surface area contributed by atoms with E-state index in [9.17, 15) is 4.79 Å². The van der Waals surface area contributed by atoms with Crippen LogP contribution < -0.4 is 10.6 Å². The van der Waals surface area contributed by atoms with E-state index in [4.69, 9.17) is 17.3 Å². The van der Waals surface area contributed by atoms with Crippen molar-refractivity contribution < 1.29 is 4.79 Å². The van der Waals surface area contributed by atoms with Crippen LogP contribution in [0.4, 0.5) is 5.95 Å². The van der Waals surface area contributed by atoms with E-state index >= 15 is 0 Å². The molecule has 2 heterocycles. The van der Waals surface area contributed by atoms with Crippen molar-refractivity contribution in [2.75, 3.05) is 31.1 Å². The Morgan fingerprint density at radius 1 is 1.09 bits per heavy atom. The number of nitrogens with two attached hydrogens (primary N) is 1. The second-order valence-electron chi connectivity index (χ2n) is 5.43. The first-order chi connectivity index (χ1) is 11.1. The predicted octanol–water partition coefficient (Wildman–Crippen LogP) is 1.48. The van der Waals surface area contributed by atoms with Gasteiger partial charge < -0.3 is 10.6 Å². The molecule has 0 unspecified atom stereocenters. The number of rotatable bonds is 4. The topological polar surface area (TPSA) is 75.4 Å². The van der Waals surface area contributed by atoms with Gasteiger partial charge in [-0.25, -0.2) is 9.97 Å². The van der Waals surface area contributed by atoms with Crippen LogP contribution in [0.15, 0.2) is 42.7 Å². The maximum atomic E-state index is 11.9. The lowest BCUT2D eigenvalue weighted by Crippen LogP contribution is -2.50. The van der Waals surface area contributed by atoms with Gasteiger partial charge in [0.25, 0.3) is 0 Å². The fourth-order valence-corrected chi connectivity index (χ4v) is 2.96. The molecule has 0 radical (unpaired) electrons. The molecule has 1 aromatic carbocycles. The van der Waals surface area contributed by atoms with Crippen molar-refractivity contribution in [2.45, 2.75) is 6.04 Å². The molecule has 6 nitrogen and oxygen atoms in total. The predicted molar refractivity (Wildman–Crippen MR) is 89.2 cm³/mol. The highest BCUT2D eigenvalue weighted by molar-refractivity contribution is 6.30. The number of nitrogens with zero attached hydrogens (tertiary/aromatic N) is 4. The first-order valence-electron chi connectivity index (χ1n) is 7.46. The molecule has 1 aromatic heterocycles. The zero-order valence-corrected chi connectivity index (χ0v) is 13.4. The molecule has 0 spiro atoms. The lowest BCUT2D eigenvalue weighted by molar-refractivity contribution is -0.123. The Bertz CT molecular complexity index is 656. The summed E-state index contributed by atoms with van der Waals surface area (Å²) < 4.78 is 0. The van der Waals surface area contributed by atoms with Gasteiger partial charge in [0.05, 0.1) is 0 Å². The summed E-state index contributed by atoms with van der Waals surface area (Å²) in [6, 6.07) is 8.62. The smallest absolute Gasteiger partial charge is 0.239 e. The van der Waals surface area contributed by atoms with Crippen molar-refractivity contribution in [1.82, 2.24) is 14.9 Å². The number of aromatic nitrogens is 2. The number of amides is 1. The Morgan fingerprint density at radius 3 is 2.26 bits per heavy atom. The average Bonchev–Trinajstić information content (AvgIpc) is 2.58. The first-order valence-corrected chi connectivity index (χ1v) is 7.84. The second-order valence-corrected chi connectivity index (χ2v) is 5.86. The van der Waals surface area contributed by atoms with Gasteiger partial charge in [-0.1, -0.05) is 23.7 Å². The Balaban J connectivity index is 1.71. The van der Waals surface area contributed by atoms with Gasteiger partial charge >= 0.3 is 0 Å². The van der Waals surface area contributed by atoms with E-state index in [1.807, 2.05) is 12.1 Å². The van der Waals surface area contributed by atoms with Crippen LogP contribution in [-0.4, -0.2) is 47.0 Å². The van der Waals surface area contributed by atoms with Crippen LogP contribution >= 0.6 is 11.6 Å². The molecule has 1 saturated heterocycles. The van der Waals surface area contributed by atoms with Crippen LogP contribution in [0.1, 0.15) is 11.6 Å². The molecule has 1 atom stereocenters. The van der Waals surface area contributed by atoms with Crippen molar-refractivity contribution in [1.29, 1.82) is 0 Å². The molecule has 1 aliphatic rings. The number of benzene rings is 1. The first kappa shape index (κ1) is 15.7. The van der Waals surface area contributed by atoms with Gasteiger partial charge in [-0.15, -0.1) is 0 Å². The summed E-state index contributed by atoms with van der Waals surface area (Å²) in [4.78, 5) is 24.7. The number of hydrogen-bond donors (Lipinski definition) is 1. The maximum Gasteiger partial charge on any atom is 0.239 e. The third kappa shape index (κ3) is 3.60. The molecular formula is C16H18ClN5O. The summed E-state index contributed by atoms with van der Waals surface area (Å²) in [5.41, 5.74) is 6.50. The van der Waals surface area contributed by atoms with Crippen LogP contribution in [0.5, 0.6) is 0 Å². The second kappa shape index (κ2) is 6.93. The van der Waals surface area contributed by atoms with E-state index in [0.717, 1.165) is 18.7 Å². The van der Waals surface area contributed by atoms with Crippen molar-refractivity contribution in [3.8, 4) is 0 Å². The van der Waals surface area contributed by atoms with Crippen LogP contribution in [0.25, 0.3) is 0 Å². The van der Waals surface area contributed by atoms with Gasteiger partial charge in [-0.3, -0.25) is 9.69 Å². The Morgan fingerprint density at radius 2 is 1.70 bits per heavy atom. The normalized spacial score (nSPS) is 17.0. The van der Waals surface area contributed by atoms with Crippen LogP contribution in [0.3, 0.4) is 0 Å². The highest BCUT2D eigenvalue weighted by Crippen LogP contribution is 2.24. The molecule has 1 amide bonds. The molecule has 120 valence electrons. The van der Waals surface area contributed by atoms with Crippen molar-refractivity contribution in [3.05, 3.63) is 53.3 Å². The van der Waals surface area contributed by atoms with Gasteiger partial charge in [0, 0.05) is 43.6 Å². The fourth-order valence-electron chi connectivity index (χ4n) is 2.83. The van der Waals surface area contributed by atoms with Crippen molar-refractivity contribution >= 4 is 23.5 Å². The van der Waals surface area contributed by atoms with Crippen molar-refractivity contribution in [2.24, 2.45) is 5.73 Å². The quantitative estimate of drug-likeness (QED) is 0.918. The molecule has 23 heavy (non-hydrogen) atoms. The summed E-state index contributed by atoms with van der Waals surface area (Å²) >= 11 is 5.92. The van der Waals surface area contributed by atoms with Crippen LogP contribution in [0.2, 0.25) is 5.02 Å². The van der Waals surface area contributed by atoms with Crippen LogP contribution in [-0.2, 0) is 4.79 Å². The standard InChI is InChI=1S/C16H18ClN5O/c17-13-4-2-12(3-5-13)14(15(18)23)21-8-10-22(11-9-21)16-19-6-1-7-20-16/h1-7,14H,8-11H2,(H2,18,23)/t14-/m0/s1.